The number of nitrogens with zero attached hydrogens (tertiary/aromatic N) is 1. The van der Waals surface area contributed by atoms with E-state index in [1.54, 1.807) is 13.0 Å². The van der Waals surface area contributed by atoms with Crippen molar-refractivity contribution in [3.63, 3.8) is 0 Å². The van der Waals surface area contributed by atoms with Gasteiger partial charge in [0.2, 0.25) is 6.29 Å². The molecule has 0 bridgehead atoms. The number of halogens is 1. The molecule has 0 saturated carbocycles. The summed E-state index contributed by atoms with van der Waals surface area (Å²) in [5.74, 6) is 0.420. The summed E-state index contributed by atoms with van der Waals surface area (Å²) >= 11 is 3.18. The van der Waals surface area contributed by atoms with Gasteiger partial charge in [0.05, 0.1) is 9.40 Å². The third-order valence-corrected chi connectivity index (χ3v) is 2.86. The Hall–Kier alpha value is -1.40. The molecule has 1 aromatic rings. The molecule has 84 valence electrons. The highest BCUT2D eigenvalue weighted by Gasteiger charge is 2.22. The first-order valence-electron chi connectivity index (χ1n) is 4.50. The molecule has 0 radical (unpaired) electrons. The number of hydrogen-bond acceptors (Lipinski definition) is 4. The molecular weight excluding hydrogens is 278 g/mol. The number of non-ortho nitro benzene ring substituents is 1. The highest BCUT2D eigenvalue weighted by Crippen LogP contribution is 2.38. The molecule has 0 spiro atoms. The third-order valence-electron chi connectivity index (χ3n) is 2.27. The average Bonchev–Trinajstić information content (AvgIpc) is 2.20. The van der Waals surface area contributed by atoms with Crippen LogP contribution in [0.5, 0.6) is 5.75 Å². The summed E-state index contributed by atoms with van der Waals surface area (Å²) in [5, 5.41) is 20.1. The summed E-state index contributed by atoms with van der Waals surface area (Å²) in [6.07, 6.45) is 0.673. The highest BCUT2D eigenvalue weighted by molar-refractivity contribution is 9.10. The summed E-state index contributed by atoms with van der Waals surface area (Å²) in [4.78, 5) is 10.2. The highest BCUT2D eigenvalue weighted by atomic mass is 79.9. The molecule has 2 rings (SSSR count). The van der Waals surface area contributed by atoms with Gasteiger partial charge in [-0.3, -0.25) is 10.1 Å². The second-order valence-electron chi connectivity index (χ2n) is 3.46. The van der Waals surface area contributed by atoms with Crippen molar-refractivity contribution in [2.75, 3.05) is 0 Å². The minimum absolute atomic E-state index is 0.0188. The molecule has 0 aromatic heterocycles. The molecule has 16 heavy (non-hydrogen) atoms. The van der Waals surface area contributed by atoms with Crippen molar-refractivity contribution in [2.24, 2.45) is 0 Å². The number of nitro benzene ring substituents is 1. The van der Waals surface area contributed by atoms with E-state index in [0.717, 1.165) is 0 Å². The Morgan fingerprint density at radius 1 is 1.56 bits per heavy atom. The monoisotopic (exact) mass is 285 g/mol. The van der Waals surface area contributed by atoms with Crippen LogP contribution in [0.25, 0.3) is 6.08 Å². The van der Waals surface area contributed by atoms with Gasteiger partial charge in [0, 0.05) is 17.7 Å². The second-order valence-corrected chi connectivity index (χ2v) is 4.32. The molecule has 1 aliphatic heterocycles. The Balaban J connectivity index is 2.59. The van der Waals surface area contributed by atoms with E-state index >= 15 is 0 Å². The maximum atomic E-state index is 10.7. The Morgan fingerprint density at radius 3 is 2.88 bits per heavy atom. The standard InChI is InChI=1S/C10H8BrNO4/c1-5-2-6-3-7(12(14)15)4-8(11)9(6)16-10(5)13/h2-4,10,13H,1H3. The molecule has 1 N–H and O–H groups in total. The number of nitro groups is 1. The van der Waals surface area contributed by atoms with Gasteiger partial charge < -0.3 is 9.84 Å². The van der Waals surface area contributed by atoms with Crippen LogP contribution in [0.4, 0.5) is 5.69 Å². The summed E-state index contributed by atoms with van der Waals surface area (Å²) in [6, 6.07) is 2.76. The maximum absolute atomic E-state index is 10.7. The van der Waals surface area contributed by atoms with Crippen molar-refractivity contribution in [3.05, 3.63) is 37.9 Å². The molecule has 1 atom stereocenters. The zero-order valence-corrected chi connectivity index (χ0v) is 9.89. The van der Waals surface area contributed by atoms with Gasteiger partial charge in [-0.2, -0.15) is 0 Å². The Labute approximate surface area is 99.6 Å². The van der Waals surface area contributed by atoms with Gasteiger partial charge in [0.1, 0.15) is 5.75 Å². The molecule has 0 aliphatic carbocycles. The Kier molecular flexibility index (Phi) is 2.69. The maximum Gasteiger partial charge on any atom is 0.271 e. The zero-order valence-electron chi connectivity index (χ0n) is 8.31. The number of fused-ring (bicyclic) bond motifs is 1. The Bertz CT molecular complexity index is 498. The van der Waals surface area contributed by atoms with Crippen LogP contribution in [-0.2, 0) is 0 Å². The minimum atomic E-state index is -0.995. The van der Waals surface area contributed by atoms with E-state index in [2.05, 4.69) is 15.9 Å². The van der Waals surface area contributed by atoms with Crippen molar-refractivity contribution in [2.45, 2.75) is 13.2 Å². The molecule has 6 heteroatoms. The van der Waals surface area contributed by atoms with Crippen LogP contribution in [0.2, 0.25) is 0 Å². The van der Waals surface area contributed by atoms with Gasteiger partial charge in [-0.25, -0.2) is 0 Å². The molecule has 1 aliphatic rings. The van der Waals surface area contributed by atoms with Crippen molar-refractivity contribution in [1.29, 1.82) is 0 Å². The fourth-order valence-electron chi connectivity index (χ4n) is 1.46. The lowest BCUT2D eigenvalue weighted by Gasteiger charge is -2.21. The van der Waals surface area contributed by atoms with Crippen LogP contribution < -0.4 is 4.74 Å². The normalized spacial score (nSPS) is 18.4. The van der Waals surface area contributed by atoms with Crippen molar-refractivity contribution < 1.29 is 14.8 Å². The molecule has 0 amide bonds. The summed E-state index contributed by atoms with van der Waals surface area (Å²) in [6.45, 7) is 1.69. The molecule has 1 heterocycles. The largest absolute Gasteiger partial charge is 0.459 e. The zero-order chi connectivity index (χ0) is 11.9. The third kappa shape index (κ3) is 1.81. The first kappa shape index (κ1) is 11.1. The van der Waals surface area contributed by atoms with Gasteiger partial charge in [-0.15, -0.1) is 0 Å². The fraction of sp³-hybridized carbons (Fsp3) is 0.200. The first-order valence-corrected chi connectivity index (χ1v) is 5.29. The lowest BCUT2D eigenvalue weighted by Crippen LogP contribution is -2.20. The van der Waals surface area contributed by atoms with E-state index in [-0.39, 0.29) is 5.69 Å². The van der Waals surface area contributed by atoms with Crippen molar-refractivity contribution in [1.82, 2.24) is 0 Å². The number of aliphatic hydroxyl groups excluding tert-OH is 1. The summed E-state index contributed by atoms with van der Waals surface area (Å²) < 4.78 is 5.69. The topological polar surface area (TPSA) is 72.6 Å². The van der Waals surface area contributed by atoms with Gasteiger partial charge in [0.25, 0.3) is 5.69 Å². The SMILES string of the molecule is CC1=Cc2cc([N+](=O)[O-])cc(Br)c2OC1O. The van der Waals surface area contributed by atoms with Crippen LogP contribution in [-0.4, -0.2) is 16.3 Å². The number of aliphatic hydroxyl groups is 1. The van der Waals surface area contributed by atoms with E-state index < -0.39 is 11.2 Å². The van der Waals surface area contributed by atoms with Gasteiger partial charge in [-0.05, 0) is 34.5 Å². The Morgan fingerprint density at radius 2 is 2.25 bits per heavy atom. The van der Waals surface area contributed by atoms with Crippen molar-refractivity contribution >= 4 is 27.7 Å². The van der Waals surface area contributed by atoms with Crippen LogP contribution in [0.3, 0.4) is 0 Å². The van der Waals surface area contributed by atoms with E-state index in [1.807, 2.05) is 0 Å². The van der Waals surface area contributed by atoms with Crippen LogP contribution in [0.1, 0.15) is 12.5 Å². The lowest BCUT2D eigenvalue weighted by atomic mass is 10.1. The van der Waals surface area contributed by atoms with E-state index in [9.17, 15) is 15.2 Å². The van der Waals surface area contributed by atoms with Gasteiger partial charge >= 0.3 is 0 Å². The predicted octanol–water partition coefficient (Wildman–Crippen LogP) is 2.47. The lowest BCUT2D eigenvalue weighted by molar-refractivity contribution is -0.385. The molecule has 1 unspecified atom stereocenters. The number of benzene rings is 1. The van der Waals surface area contributed by atoms with Crippen LogP contribution >= 0.6 is 15.9 Å². The summed E-state index contributed by atoms with van der Waals surface area (Å²) in [7, 11) is 0. The predicted molar refractivity (Wildman–Crippen MR) is 61.1 cm³/mol. The van der Waals surface area contributed by atoms with Crippen LogP contribution in [0, 0.1) is 10.1 Å². The number of hydrogen-bond donors (Lipinski definition) is 1. The molecule has 0 saturated heterocycles. The van der Waals surface area contributed by atoms with E-state index in [1.165, 1.54) is 12.1 Å². The number of ether oxygens (including phenoxy) is 1. The van der Waals surface area contributed by atoms with Crippen molar-refractivity contribution in [3.8, 4) is 5.75 Å². The first-order chi connectivity index (χ1) is 7.49. The smallest absolute Gasteiger partial charge is 0.271 e. The van der Waals surface area contributed by atoms with Gasteiger partial charge in [-0.1, -0.05) is 0 Å². The van der Waals surface area contributed by atoms with Crippen LogP contribution in [0.15, 0.2) is 22.2 Å². The minimum Gasteiger partial charge on any atom is -0.459 e. The average molecular weight is 286 g/mol. The molecule has 1 aromatic carbocycles. The second kappa shape index (κ2) is 3.88. The van der Waals surface area contributed by atoms with E-state index in [4.69, 9.17) is 4.74 Å². The fourth-order valence-corrected chi connectivity index (χ4v) is 2.01. The quantitative estimate of drug-likeness (QED) is 0.635. The molecule has 5 nitrogen and oxygen atoms in total. The number of rotatable bonds is 1. The molecule has 0 fully saturated rings. The van der Waals surface area contributed by atoms with Gasteiger partial charge in [0.15, 0.2) is 0 Å². The molecular formula is C10H8BrNO4. The van der Waals surface area contributed by atoms with E-state index in [0.29, 0.717) is 21.4 Å². The summed E-state index contributed by atoms with van der Waals surface area (Å²) in [5.41, 5.74) is 1.18.